The maximum atomic E-state index is 13.3. The standard InChI is InChI=1S/C20H21NO4S/c1-14-12-21(13-17(25-14)20(23)24)19(22)18(15-8-4-2-5-9-15)26-16-10-6-3-7-11-16/h2-11,14,17-18H,12-13H2,1H3,(H,23,24)/t14-,17?,18?/m1/s1. The van der Waals surface area contributed by atoms with Crippen LogP contribution in [0, 0.1) is 0 Å². The van der Waals surface area contributed by atoms with Gasteiger partial charge in [0.1, 0.15) is 5.25 Å². The molecule has 2 unspecified atom stereocenters. The Morgan fingerprint density at radius 2 is 1.69 bits per heavy atom. The Hall–Kier alpha value is -2.31. The average molecular weight is 371 g/mol. The molecular weight excluding hydrogens is 350 g/mol. The lowest BCUT2D eigenvalue weighted by molar-refractivity contribution is -0.166. The molecule has 2 aromatic carbocycles. The molecule has 0 aromatic heterocycles. The number of benzene rings is 2. The Morgan fingerprint density at radius 1 is 1.08 bits per heavy atom. The molecule has 0 spiro atoms. The molecule has 1 aliphatic rings. The molecule has 136 valence electrons. The van der Waals surface area contributed by atoms with Crippen molar-refractivity contribution in [3.8, 4) is 0 Å². The summed E-state index contributed by atoms with van der Waals surface area (Å²) in [5.41, 5.74) is 0.900. The summed E-state index contributed by atoms with van der Waals surface area (Å²) < 4.78 is 5.43. The SMILES string of the molecule is C[C@@H]1CN(C(=O)C(Sc2ccccc2)c2ccccc2)CC(C(=O)O)O1. The molecule has 5 nitrogen and oxygen atoms in total. The Labute approximate surface area is 157 Å². The van der Waals surface area contributed by atoms with Gasteiger partial charge in [0.05, 0.1) is 12.6 Å². The van der Waals surface area contributed by atoms with Crippen molar-refractivity contribution in [1.82, 2.24) is 4.90 Å². The van der Waals surface area contributed by atoms with Crippen LogP contribution in [0.15, 0.2) is 65.6 Å². The van der Waals surface area contributed by atoms with Crippen molar-refractivity contribution in [2.75, 3.05) is 13.1 Å². The monoisotopic (exact) mass is 371 g/mol. The van der Waals surface area contributed by atoms with E-state index in [0.29, 0.717) is 6.54 Å². The van der Waals surface area contributed by atoms with E-state index >= 15 is 0 Å². The van der Waals surface area contributed by atoms with Gasteiger partial charge in [-0.3, -0.25) is 4.79 Å². The van der Waals surface area contributed by atoms with Crippen molar-refractivity contribution in [1.29, 1.82) is 0 Å². The topological polar surface area (TPSA) is 66.8 Å². The summed E-state index contributed by atoms with van der Waals surface area (Å²) in [7, 11) is 0. The molecule has 1 saturated heterocycles. The number of aliphatic carboxylic acids is 1. The van der Waals surface area contributed by atoms with Gasteiger partial charge in [-0.05, 0) is 24.6 Å². The van der Waals surface area contributed by atoms with Crippen LogP contribution in [-0.2, 0) is 14.3 Å². The zero-order valence-electron chi connectivity index (χ0n) is 14.4. The highest BCUT2D eigenvalue weighted by Gasteiger charge is 2.36. The fraction of sp³-hybridized carbons (Fsp3) is 0.300. The van der Waals surface area contributed by atoms with E-state index < -0.39 is 17.3 Å². The van der Waals surface area contributed by atoms with Gasteiger partial charge < -0.3 is 14.7 Å². The molecule has 0 saturated carbocycles. The van der Waals surface area contributed by atoms with Crippen molar-refractivity contribution in [2.45, 2.75) is 29.3 Å². The number of hydrogen-bond acceptors (Lipinski definition) is 4. The molecule has 3 atom stereocenters. The highest BCUT2D eigenvalue weighted by atomic mass is 32.2. The lowest BCUT2D eigenvalue weighted by atomic mass is 10.1. The van der Waals surface area contributed by atoms with E-state index in [1.165, 1.54) is 11.8 Å². The zero-order chi connectivity index (χ0) is 18.5. The second kappa shape index (κ2) is 8.38. The van der Waals surface area contributed by atoms with Gasteiger partial charge in [0.25, 0.3) is 0 Å². The zero-order valence-corrected chi connectivity index (χ0v) is 15.3. The van der Waals surface area contributed by atoms with Crippen LogP contribution < -0.4 is 0 Å². The van der Waals surface area contributed by atoms with Crippen LogP contribution in [0.3, 0.4) is 0 Å². The van der Waals surface area contributed by atoms with Crippen molar-refractivity contribution in [2.24, 2.45) is 0 Å². The van der Waals surface area contributed by atoms with E-state index in [9.17, 15) is 14.7 Å². The number of thioether (sulfide) groups is 1. The van der Waals surface area contributed by atoms with E-state index in [4.69, 9.17) is 4.74 Å². The number of carbonyl (C=O) groups excluding carboxylic acids is 1. The lowest BCUT2D eigenvalue weighted by Gasteiger charge is -2.36. The van der Waals surface area contributed by atoms with Gasteiger partial charge in [-0.25, -0.2) is 4.79 Å². The number of carboxylic acid groups (broad SMARTS) is 1. The maximum absolute atomic E-state index is 13.3. The van der Waals surface area contributed by atoms with Crippen LogP contribution in [-0.4, -0.2) is 47.2 Å². The summed E-state index contributed by atoms with van der Waals surface area (Å²) in [4.78, 5) is 27.2. The molecule has 2 aromatic rings. The number of nitrogens with zero attached hydrogens (tertiary/aromatic N) is 1. The third kappa shape index (κ3) is 4.45. The highest BCUT2D eigenvalue weighted by molar-refractivity contribution is 8.00. The number of carbonyl (C=O) groups is 2. The summed E-state index contributed by atoms with van der Waals surface area (Å²) in [6.07, 6.45) is -1.30. The Bertz CT molecular complexity index is 753. The molecule has 26 heavy (non-hydrogen) atoms. The summed E-state index contributed by atoms with van der Waals surface area (Å²) in [6, 6.07) is 19.3. The van der Waals surface area contributed by atoms with E-state index in [0.717, 1.165) is 10.5 Å². The van der Waals surface area contributed by atoms with Crippen LogP contribution in [0.5, 0.6) is 0 Å². The van der Waals surface area contributed by atoms with E-state index in [1.807, 2.05) is 60.7 Å². The van der Waals surface area contributed by atoms with Crippen LogP contribution in [0.2, 0.25) is 0 Å². The minimum atomic E-state index is -1.04. The average Bonchev–Trinajstić information content (AvgIpc) is 2.66. The first-order chi connectivity index (χ1) is 12.5. The predicted octanol–water partition coefficient (Wildman–Crippen LogP) is 3.22. The fourth-order valence-corrected chi connectivity index (χ4v) is 4.09. The molecule has 0 bridgehead atoms. The first kappa shape index (κ1) is 18.5. The smallest absolute Gasteiger partial charge is 0.334 e. The van der Waals surface area contributed by atoms with Crippen LogP contribution in [0.25, 0.3) is 0 Å². The molecule has 1 N–H and O–H groups in total. The predicted molar refractivity (Wildman–Crippen MR) is 100 cm³/mol. The largest absolute Gasteiger partial charge is 0.479 e. The minimum Gasteiger partial charge on any atom is -0.479 e. The molecule has 1 heterocycles. The van der Waals surface area contributed by atoms with E-state index in [-0.39, 0.29) is 18.6 Å². The second-order valence-electron chi connectivity index (χ2n) is 6.24. The van der Waals surface area contributed by atoms with Crippen molar-refractivity contribution < 1.29 is 19.4 Å². The van der Waals surface area contributed by atoms with Gasteiger partial charge in [-0.1, -0.05) is 48.5 Å². The summed E-state index contributed by atoms with van der Waals surface area (Å²) >= 11 is 1.47. The van der Waals surface area contributed by atoms with Gasteiger partial charge in [-0.15, -0.1) is 11.8 Å². The van der Waals surface area contributed by atoms with Crippen LogP contribution >= 0.6 is 11.8 Å². The van der Waals surface area contributed by atoms with Crippen LogP contribution in [0.4, 0.5) is 0 Å². The Balaban J connectivity index is 1.86. The third-order valence-corrected chi connectivity index (χ3v) is 5.42. The summed E-state index contributed by atoms with van der Waals surface area (Å²) in [5.74, 6) is -1.13. The third-order valence-electron chi connectivity index (χ3n) is 4.17. The number of carboxylic acids is 1. The van der Waals surface area contributed by atoms with Gasteiger partial charge in [0.15, 0.2) is 6.10 Å². The minimum absolute atomic E-state index is 0.0667. The van der Waals surface area contributed by atoms with Crippen molar-refractivity contribution in [3.05, 3.63) is 66.2 Å². The van der Waals surface area contributed by atoms with Crippen molar-refractivity contribution in [3.63, 3.8) is 0 Å². The van der Waals surface area contributed by atoms with Crippen molar-refractivity contribution >= 4 is 23.6 Å². The normalized spacial score (nSPS) is 21.2. The van der Waals surface area contributed by atoms with Gasteiger partial charge in [-0.2, -0.15) is 0 Å². The number of amides is 1. The highest BCUT2D eigenvalue weighted by Crippen LogP contribution is 2.37. The molecule has 0 aliphatic carbocycles. The molecular formula is C20H21NO4S. The number of hydrogen-bond donors (Lipinski definition) is 1. The summed E-state index contributed by atoms with van der Waals surface area (Å²) in [5, 5.41) is 8.85. The maximum Gasteiger partial charge on any atom is 0.334 e. The van der Waals surface area contributed by atoms with Gasteiger partial charge >= 0.3 is 5.97 Å². The molecule has 1 aliphatic heterocycles. The Kier molecular flexibility index (Phi) is 5.96. The first-order valence-corrected chi connectivity index (χ1v) is 9.36. The van der Waals surface area contributed by atoms with Gasteiger partial charge in [0.2, 0.25) is 5.91 Å². The fourth-order valence-electron chi connectivity index (χ4n) is 2.96. The Morgan fingerprint density at radius 3 is 2.31 bits per heavy atom. The molecule has 1 fully saturated rings. The van der Waals surface area contributed by atoms with E-state index in [1.54, 1.807) is 11.8 Å². The molecule has 6 heteroatoms. The molecule has 3 rings (SSSR count). The molecule has 0 radical (unpaired) electrons. The van der Waals surface area contributed by atoms with Crippen LogP contribution in [0.1, 0.15) is 17.7 Å². The quantitative estimate of drug-likeness (QED) is 0.818. The number of morpholine rings is 1. The van der Waals surface area contributed by atoms with E-state index in [2.05, 4.69) is 0 Å². The first-order valence-electron chi connectivity index (χ1n) is 8.48. The lowest BCUT2D eigenvalue weighted by Crippen LogP contribution is -2.52. The van der Waals surface area contributed by atoms with Gasteiger partial charge in [0, 0.05) is 11.4 Å². The number of rotatable bonds is 5. The second-order valence-corrected chi connectivity index (χ2v) is 7.42. The molecule has 1 amide bonds. The number of ether oxygens (including phenoxy) is 1. The summed E-state index contributed by atoms with van der Waals surface area (Å²) in [6.45, 7) is 2.25.